The Morgan fingerprint density at radius 2 is 1.83 bits per heavy atom. The van der Waals surface area contributed by atoms with Gasteiger partial charge in [-0.1, -0.05) is 11.6 Å². The van der Waals surface area contributed by atoms with Crippen LogP contribution in [-0.2, 0) is 4.79 Å². The van der Waals surface area contributed by atoms with Crippen molar-refractivity contribution in [2.45, 2.75) is 0 Å². The van der Waals surface area contributed by atoms with Crippen LogP contribution in [0.15, 0.2) is 75.0 Å². The second-order valence-corrected chi connectivity index (χ2v) is 7.68. The summed E-state index contributed by atoms with van der Waals surface area (Å²) in [6.45, 7) is 0. The molecule has 7 heteroatoms. The largest absolute Gasteiger partial charge is 0.457 e. The highest BCUT2D eigenvalue weighted by atomic mass is 35.5. The second-order valence-electron chi connectivity index (χ2n) is 6.24. The molecule has 0 spiro atoms. The lowest BCUT2D eigenvalue weighted by Gasteiger charge is -2.06. The molecule has 142 valence electrons. The molecule has 3 aromatic rings. The van der Waals surface area contributed by atoms with Crippen molar-refractivity contribution >= 4 is 46.2 Å². The number of carbonyl (C=O) groups is 1. The van der Waals surface area contributed by atoms with Gasteiger partial charge in [-0.25, -0.2) is 4.99 Å². The summed E-state index contributed by atoms with van der Waals surface area (Å²) in [6.07, 6.45) is 1.71. The van der Waals surface area contributed by atoms with E-state index in [9.17, 15) is 4.79 Å². The molecular formula is C22H14ClN3O2S. The zero-order valence-electron chi connectivity index (χ0n) is 15.3. The molecule has 0 N–H and O–H groups in total. The van der Waals surface area contributed by atoms with Crippen LogP contribution in [0.3, 0.4) is 0 Å². The Morgan fingerprint density at radius 1 is 1.10 bits per heavy atom. The molecule has 1 fully saturated rings. The third-order valence-corrected chi connectivity index (χ3v) is 5.57. The molecule has 5 nitrogen and oxygen atoms in total. The smallest absolute Gasteiger partial charge is 0.266 e. The zero-order valence-corrected chi connectivity index (χ0v) is 16.9. The summed E-state index contributed by atoms with van der Waals surface area (Å²) in [5, 5.41) is 10.1. The summed E-state index contributed by atoms with van der Waals surface area (Å²) in [5.41, 5.74) is 2.17. The van der Waals surface area contributed by atoms with Gasteiger partial charge < -0.3 is 4.42 Å². The van der Waals surface area contributed by atoms with Crippen LogP contribution in [0.25, 0.3) is 17.4 Å². The first kappa shape index (κ1) is 19.1. The summed E-state index contributed by atoms with van der Waals surface area (Å²) < 4.78 is 5.86. The zero-order chi connectivity index (χ0) is 20.4. The van der Waals surface area contributed by atoms with Crippen LogP contribution in [0.5, 0.6) is 0 Å². The Bertz CT molecular complexity index is 1170. The van der Waals surface area contributed by atoms with Gasteiger partial charge in [0.2, 0.25) is 0 Å². The van der Waals surface area contributed by atoms with E-state index in [0.717, 1.165) is 11.3 Å². The Kier molecular flexibility index (Phi) is 5.26. The molecule has 4 rings (SSSR count). The number of nitrogens with zero attached hydrogens (tertiary/aromatic N) is 3. The maximum atomic E-state index is 12.6. The van der Waals surface area contributed by atoms with Crippen molar-refractivity contribution in [3.05, 3.63) is 81.9 Å². The SMILES string of the molecule is CN1C(=O)/C(=C/c2ccc(-c3ccc(C#N)cc3)o2)SC1=Nc1ccc(Cl)cc1. The van der Waals surface area contributed by atoms with Gasteiger partial charge in [-0.05, 0) is 72.4 Å². The molecule has 2 heterocycles. The number of nitriles is 1. The van der Waals surface area contributed by atoms with Crippen molar-refractivity contribution in [3.8, 4) is 17.4 Å². The number of amidine groups is 1. The van der Waals surface area contributed by atoms with E-state index in [1.807, 2.05) is 24.3 Å². The molecule has 0 atom stereocenters. The Hall–Kier alpha value is -3.27. The lowest BCUT2D eigenvalue weighted by molar-refractivity contribution is -0.121. The first-order valence-corrected chi connectivity index (χ1v) is 9.85. The molecule has 0 saturated carbocycles. The maximum Gasteiger partial charge on any atom is 0.266 e. The number of amides is 1. The summed E-state index contributed by atoms with van der Waals surface area (Å²) >= 11 is 7.19. The second kappa shape index (κ2) is 8.00. The summed E-state index contributed by atoms with van der Waals surface area (Å²) in [6, 6.07) is 20.0. The van der Waals surface area contributed by atoms with Gasteiger partial charge in [0.05, 0.1) is 22.2 Å². The first-order chi connectivity index (χ1) is 14.0. The van der Waals surface area contributed by atoms with Crippen molar-refractivity contribution in [1.29, 1.82) is 5.26 Å². The lowest BCUT2D eigenvalue weighted by Crippen LogP contribution is -2.23. The molecule has 1 saturated heterocycles. The highest BCUT2D eigenvalue weighted by molar-refractivity contribution is 8.18. The predicted molar refractivity (Wildman–Crippen MR) is 116 cm³/mol. The topological polar surface area (TPSA) is 69.6 Å². The molecule has 0 bridgehead atoms. The number of thioether (sulfide) groups is 1. The third kappa shape index (κ3) is 4.11. The van der Waals surface area contributed by atoms with Crippen LogP contribution in [-0.4, -0.2) is 23.0 Å². The number of aliphatic imine (C=N–C) groups is 1. The van der Waals surface area contributed by atoms with E-state index in [-0.39, 0.29) is 5.91 Å². The van der Waals surface area contributed by atoms with E-state index >= 15 is 0 Å². The summed E-state index contributed by atoms with van der Waals surface area (Å²) in [5.74, 6) is 1.10. The number of likely N-dealkylation sites (N-methyl/N-ethyl adjacent to an activating group) is 1. The van der Waals surface area contributed by atoms with Gasteiger partial charge in [-0.2, -0.15) is 5.26 Å². The fourth-order valence-electron chi connectivity index (χ4n) is 2.70. The molecule has 0 radical (unpaired) electrons. The normalized spacial score (nSPS) is 16.6. The van der Waals surface area contributed by atoms with Gasteiger partial charge in [0.15, 0.2) is 5.17 Å². The third-order valence-electron chi connectivity index (χ3n) is 4.25. The van der Waals surface area contributed by atoms with Gasteiger partial charge in [0.1, 0.15) is 11.5 Å². The van der Waals surface area contributed by atoms with Crippen LogP contribution < -0.4 is 0 Å². The number of hydrogen-bond acceptors (Lipinski definition) is 5. The van der Waals surface area contributed by atoms with E-state index in [0.29, 0.717) is 32.2 Å². The molecule has 1 amide bonds. The van der Waals surface area contributed by atoms with Gasteiger partial charge in [0.25, 0.3) is 5.91 Å². The van der Waals surface area contributed by atoms with Crippen molar-refractivity contribution < 1.29 is 9.21 Å². The van der Waals surface area contributed by atoms with Crippen molar-refractivity contribution in [3.63, 3.8) is 0 Å². The number of carbonyl (C=O) groups excluding carboxylic acids is 1. The number of halogens is 1. The van der Waals surface area contributed by atoms with Crippen molar-refractivity contribution in [2.75, 3.05) is 7.05 Å². The highest BCUT2D eigenvalue weighted by Crippen LogP contribution is 2.34. The minimum Gasteiger partial charge on any atom is -0.457 e. The van der Waals surface area contributed by atoms with Crippen LogP contribution in [0.4, 0.5) is 5.69 Å². The molecule has 1 aliphatic rings. The van der Waals surface area contributed by atoms with Gasteiger partial charge in [0, 0.05) is 23.7 Å². The molecule has 0 aliphatic carbocycles. The molecule has 29 heavy (non-hydrogen) atoms. The predicted octanol–water partition coefficient (Wildman–Crippen LogP) is 5.71. The minimum atomic E-state index is -0.140. The lowest BCUT2D eigenvalue weighted by atomic mass is 10.1. The van der Waals surface area contributed by atoms with Gasteiger partial charge in [-0.15, -0.1) is 0 Å². The van der Waals surface area contributed by atoms with Gasteiger partial charge >= 0.3 is 0 Å². The van der Waals surface area contributed by atoms with Crippen LogP contribution in [0, 0.1) is 11.3 Å². The van der Waals surface area contributed by atoms with E-state index in [1.54, 1.807) is 49.5 Å². The summed E-state index contributed by atoms with van der Waals surface area (Å²) in [4.78, 5) is 19.1. The van der Waals surface area contributed by atoms with Crippen LogP contribution in [0.1, 0.15) is 11.3 Å². The number of hydrogen-bond donors (Lipinski definition) is 0. The number of benzene rings is 2. The maximum absolute atomic E-state index is 12.6. The van der Waals surface area contributed by atoms with E-state index in [1.165, 1.54) is 16.7 Å². The minimum absolute atomic E-state index is 0.140. The van der Waals surface area contributed by atoms with Crippen molar-refractivity contribution in [2.24, 2.45) is 4.99 Å². The Morgan fingerprint density at radius 3 is 2.52 bits per heavy atom. The Labute approximate surface area is 176 Å². The average molecular weight is 420 g/mol. The molecule has 1 aromatic heterocycles. The van der Waals surface area contributed by atoms with Crippen LogP contribution in [0.2, 0.25) is 5.02 Å². The van der Waals surface area contributed by atoms with E-state index in [4.69, 9.17) is 21.3 Å². The molecule has 0 unspecified atom stereocenters. The molecule has 2 aromatic carbocycles. The number of furan rings is 1. The Balaban J connectivity index is 1.57. The molecule has 1 aliphatic heterocycles. The fourth-order valence-corrected chi connectivity index (χ4v) is 3.79. The fraction of sp³-hybridized carbons (Fsp3) is 0.0455. The highest BCUT2D eigenvalue weighted by Gasteiger charge is 2.30. The summed E-state index contributed by atoms with van der Waals surface area (Å²) in [7, 11) is 1.69. The van der Waals surface area contributed by atoms with E-state index in [2.05, 4.69) is 11.1 Å². The van der Waals surface area contributed by atoms with Crippen molar-refractivity contribution in [1.82, 2.24) is 4.90 Å². The first-order valence-electron chi connectivity index (χ1n) is 8.66. The van der Waals surface area contributed by atoms with Gasteiger partial charge in [-0.3, -0.25) is 9.69 Å². The van der Waals surface area contributed by atoms with Crippen LogP contribution >= 0.6 is 23.4 Å². The standard InChI is InChI=1S/C22H14ClN3O2S/c1-26-21(27)20(29-22(26)25-17-8-6-16(23)7-9-17)12-18-10-11-19(28-18)15-4-2-14(13-24)3-5-15/h2-12H,1H3/b20-12-,25-22?. The van der Waals surface area contributed by atoms with E-state index < -0.39 is 0 Å². The quantitative estimate of drug-likeness (QED) is 0.510. The monoisotopic (exact) mass is 419 g/mol. The average Bonchev–Trinajstić information content (AvgIpc) is 3.31. The number of rotatable bonds is 3. The molecular weight excluding hydrogens is 406 g/mol.